The molecule has 0 radical (unpaired) electrons. The van der Waals surface area contributed by atoms with Gasteiger partial charge in [0.15, 0.2) is 0 Å². The van der Waals surface area contributed by atoms with Crippen LogP contribution in [0.1, 0.15) is 21.7 Å². The van der Waals surface area contributed by atoms with Crippen LogP contribution in [0.5, 0.6) is 0 Å². The predicted octanol–water partition coefficient (Wildman–Crippen LogP) is 3.81. The summed E-state index contributed by atoms with van der Waals surface area (Å²) in [5, 5.41) is 4.02. The second kappa shape index (κ2) is 6.41. The molecule has 3 nitrogen and oxygen atoms in total. The number of thiophene rings is 1. The number of benzene rings is 1. The Bertz CT molecular complexity index is 692. The summed E-state index contributed by atoms with van der Waals surface area (Å²) in [6.45, 7) is 3.91. The minimum atomic E-state index is 0.107. The van der Waals surface area contributed by atoms with Crippen LogP contribution in [0, 0.1) is 6.92 Å². The second-order valence-electron chi connectivity index (χ2n) is 5.70. The van der Waals surface area contributed by atoms with Gasteiger partial charge in [-0.3, -0.25) is 4.79 Å². The average molecular weight is 335 g/mol. The Balaban J connectivity index is 1.87. The Hall–Kier alpha value is -1.36. The number of nitrogens with zero attached hydrogens (tertiary/aromatic N) is 1. The van der Waals surface area contributed by atoms with Gasteiger partial charge in [-0.2, -0.15) is 0 Å². The first-order valence-electron chi connectivity index (χ1n) is 7.40. The van der Waals surface area contributed by atoms with Gasteiger partial charge in [-0.15, -0.1) is 11.3 Å². The van der Waals surface area contributed by atoms with Gasteiger partial charge in [0.2, 0.25) is 0 Å². The van der Waals surface area contributed by atoms with Crippen molar-refractivity contribution < 1.29 is 4.79 Å². The molecule has 5 heteroatoms. The number of hydrogen-bond acceptors (Lipinski definition) is 3. The average Bonchev–Trinajstić information content (AvgIpc) is 3.15. The minimum Gasteiger partial charge on any atom is -0.337 e. The van der Waals surface area contributed by atoms with E-state index in [2.05, 4.69) is 5.32 Å². The molecule has 1 unspecified atom stereocenters. The fourth-order valence-electron chi connectivity index (χ4n) is 2.81. The molecule has 1 aliphatic rings. The summed E-state index contributed by atoms with van der Waals surface area (Å²) in [4.78, 5) is 16.5. The van der Waals surface area contributed by atoms with E-state index in [0.29, 0.717) is 11.1 Å². The van der Waals surface area contributed by atoms with Gasteiger partial charge in [0.1, 0.15) is 0 Å². The molecule has 1 aromatic heterocycles. The number of carbonyl (C=O) groups excluding carboxylic acids is 1. The topological polar surface area (TPSA) is 32.3 Å². The molecule has 0 aliphatic carbocycles. The largest absolute Gasteiger partial charge is 0.337 e. The predicted molar refractivity (Wildman–Crippen MR) is 92.9 cm³/mol. The van der Waals surface area contributed by atoms with Crippen molar-refractivity contribution in [3.63, 3.8) is 0 Å². The van der Waals surface area contributed by atoms with E-state index < -0.39 is 0 Å². The summed E-state index contributed by atoms with van der Waals surface area (Å²) >= 11 is 7.62. The summed E-state index contributed by atoms with van der Waals surface area (Å²) in [6, 6.07) is 10.1. The Morgan fingerprint density at radius 1 is 1.41 bits per heavy atom. The number of nitrogens with one attached hydrogen (secondary N) is 1. The van der Waals surface area contributed by atoms with Crippen LogP contribution in [0.15, 0.2) is 30.3 Å². The van der Waals surface area contributed by atoms with Crippen LogP contribution >= 0.6 is 22.9 Å². The molecule has 3 rings (SSSR count). The highest BCUT2D eigenvalue weighted by molar-refractivity contribution is 7.17. The number of hydrogen-bond donors (Lipinski definition) is 1. The summed E-state index contributed by atoms with van der Waals surface area (Å²) in [5.41, 5.74) is 2.19. The van der Waals surface area contributed by atoms with E-state index >= 15 is 0 Å². The van der Waals surface area contributed by atoms with E-state index in [9.17, 15) is 4.79 Å². The van der Waals surface area contributed by atoms with Gasteiger partial charge in [-0.05, 0) is 49.2 Å². The highest BCUT2D eigenvalue weighted by Crippen LogP contribution is 2.34. The van der Waals surface area contributed by atoms with Crippen molar-refractivity contribution >= 4 is 28.8 Å². The monoisotopic (exact) mass is 334 g/mol. The van der Waals surface area contributed by atoms with E-state index in [1.54, 1.807) is 11.3 Å². The number of aryl methyl sites for hydroxylation is 1. The van der Waals surface area contributed by atoms with E-state index in [1.807, 2.05) is 49.2 Å². The lowest BCUT2D eigenvalue weighted by molar-refractivity contribution is 0.0748. The van der Waals surface area contributed by atoms with Crippen LogP contribution in [0.2, 0.25) is 5.02 Å². The lowest BCUT2D eigenvalue weighted by atomic mass is 10.1. The van der Waals surface area contributed by atoms with E-state index in [4.69, 9.17) is 11.6 Å². The molecule has 1 aromatic carbocycles. The quantitative estimate of drug-likeness (QED) is 0.925. The van der Waals surface area contributed by atoms with Crippen LogP contribution in [0.25, 0.3) is 10.4 Å². The Morgan fingerprint density at radius 2 is 2.23 bits per heavy atom. The van der Waals surface area contributed by atoms with Crippen LogP contribution in [0.4, 0.5) is 0 Å². The maximum absolute atomic E-state index is 12.7. The van der Waals surface area contributed by atoms with Gasteiger partial charge < -0.3 is 10.2 Å². The first kappa shape index (κ1) is 15.5. The second-order valence-corrected chi connectivity index (χ2v) is 7.18. The molecule has 1 aliphatic heterocycles. The van der Waals surface area contributed by atoms with Crippen molar-refractivity contribution in [3.8, 4) is 10.4 Å². The molecule has 2 heterocycles. The van der Waals surface area contributed by atoms with Gasteiger partial charge in [0.05, 0.1) is 4.88 Å². The van der Waals surface area contributed by atoms with Crippen molar-refractivity contribution in [1.82, 2.24) is 10.2 Å². The molecule has 0 saturated carbocycles. The van der Waals surface area contributed by atoms with Crippen molar-refractivity contribution in [2.24, 2.45) is 0 Å². The highest BCUT2D eigenvalue weighted by Gasteiger charge is 2.25. The van der Waals surface area contributed by atoms with Crippen LogP contribution in [-0.4, -0.2) is 37.0 Å². The SMILES string of the molecule is Cc1cc(C(=O)N(C)C2CCNC2)sc1-c1cccc(Cl)c1. The minimum absolute atomic E-state index is 0.107. The fourth-order valence-corrected chi connectivity index (χ4v) is 4.16. The zero-order chi connectivity index (χ0) is 15.7. The normalized spacial score (nSPS) is 17.7. The summed E-state index contributed by atoms with van der Waals surface area (Å²) < 4.78 is 0. The third-order valence-electron chi connectivity index (χ3n) is 4.12. The molecular formula is C17H19ClN2OS. The van der Waals surface area contributed by atoms with Crippen molar-refractivity contribution in [2.45, 2.75) is 19.4 Å². The molecule has 0 spiro atoms. The molecule has 1 saturated heterocycles. The van der Waals surface area contributed by atoms with Gasteiger partial charge >= 0.3 is 0 Å². The van der Waals surface area contributed by atoms with E-state index in [-0.39, 0.29) is 5.91 Å². The zero-order valence-corrected chi connectivity index (χ0v) is 14.3. The number of halogens is 1. The maximum Gasteiger partial charge on any atom is 0.263 e. The highest BCUT2D eigenvalue weighted by atomic mass is 35.5. The Labute approximate surface area is 139 Å². The summed E-state index contributed by atoms with van der Waals surface area (Å²) in [6.07, 6.45) is 1.02. The van der Waals surface area contributed by atoms with E-state index in [1.165, 1.54) is 0 Å². The summed E-state index contributed by atoms with van der Waals surface area (Å²) in [7, 11) is 1.90. The molecule has 2 aromatic rings. The lowest BCUT2D eigenvalue weighted by Crippen LogP contribution is -2.37. The van der Waals surface area contributed by atoms with Gasteiger partial charge in [-0.25, -0.2) is 0 Å². The molecule has 116 valence electrons. The van der Waals surface area contributed by atoms with E-state index in [0.717, 1.165) is 40.4 Å². The molecule has 1 amide bonds. The number of carbonyl (C=O) groups is 1. The number of rotatable bonds is 3. The molecule has 0 bridgehead atoms. The first-order chi connectivity index (χ1) is 10.6. The lowest BCUT2D eigenvalue weighted by Gasteiger charge is -2.23. The fraction of sp³-hybridized carbons (Fsp3) is 0.353. The number of likely N-dealkylation sites (N-methyl/N-ethyl adjacent to an activating group) is 1. The van der Waals surface area contributed by atoms with Crippen LogP contribution in [-0.2, 0) is 0 Å². The van der Waals surface area contributed by atoms with Crippen molar-refractivity contribution in [1.29, 1.82) is 0 Å². The standard InChI is InChI=1S/C17H19ClN2OS/c1-11-8-15(17(21)20(2)14-6-7-19-10-14)22-16(11)12-4-3-5-13(18)9-12/h3-5,8-9,14,19H,6-7,10H2,1-2H3. The third-order valence-corrected chi connectivity index (χ3v) is 5.63. The van der Waals surface area contributed by atoms with Crippen LogP contribution in [0.3, 0.4) is 0 Å². The Kier molecular flexibility index (Phi) is 4.52. The van der Waals surface area contributed by atoms with Gasteiger partial charge in [0, 0.05) is 29.5 Å². The van der Waals surface area contributed by atoms with Gasteiger partial charge in [0.25, 0.3) is 5.91 Å². The first-order valence-corrected chi connectivity index (χ1v) is 8.60. The molecule has 1 fully saturated rings. The molecule has 22 heavy (non-hydrogen) atoms. The van der Waals surface area contributed by atoms with Gasteiger partial charge in [-0.1, -0.05) is 23.7 Å². The molecule has 1 N–H and O–H groups in total. The molecule has 1 atom stereocenters. The van der Waals surface area contributed by atoms with Crippen molar-refractivity contribution in [2.75, 3.05) is 20.1 Å². The van der Waals surface area contributed by atoms with Crippen LogP contribution < -0.4 is 5.32 Å². The van der Waals surface area contributed by atoms with Crippen molar-refractivity contribution in [3.05, 3.63) is 45.8 Å². The number of amides is 1. The molecular weight excluding hydrogens is 316 g/mol. The summed E-state index contributed by atoms with van der Waals surface area (Å²) in [5.74, 6) is 0.107. The zero-order valence-electron chi connectivity index (χ0n) is 12.7. The third kappa shape index (κ3) is 3.05. The maximum atomic E-state index is 12.7. The smallest absolute Gasteiger partial charge is 0.263 e. The Morgan fingerprint density at radius 3 is 2.91 bits per heavy atom.